The van der Waals surface area contributed by atoms with Gasteiger partial charge in [0.15, 0.2) is 11.6 Å². The van der Waals surface area contributed by atoms with Crippen LogP contribution in [0, 0.1) is 11.6 Å². The number of anilines is 1. The van der Waals surface area contributed by atoms with Gasteiger partial charge in [-0.05, 0) is 31.2 Å². The normalized spacial score (nSPS) is 11.2. The lowest BCUT2D eigenvalue weighted by Crippen LogP contribution is -2.01. The van der Waals surface area contributed by atoms with Gasteiger partial charge in [-0.15, -0.1) is 0 Å². The molecule has 3 nitrogen and oxygen atoms in total. The van der Waals surface area contributed by atoms with Crippen molar-refractivity contribution in [3.63, 3.8) is 0 Å². The molecular formula is C15H12ClF2N3. The maximum Gasteiger partial charge on any atom is 0.160 e. The number of hydrogen-bond acceptors (Lipinski definition) is 2. The van der Waals surface area contributed by atoms with Gasteiger partial charge in [-0.2, -0.15) is 0 Å². The van der Waals surface area contributed by atoms with Crippen molar-refractivity contribution >= 4 is 28.3 Å². The van der Waals surface area contributed by atoms with Gasteiger partial charge in [-0.1, -0.05) is 11.6 Å². The summed E-state index contributed by atoms with van der Waals surface area (Å²) in [6.45, 7) is 2.56. The Kier molecular flexibility index (Phi) is 3.29. The van der Waals surface area contributed by atoms with Crippen LogP contribution in [0.5, 0.6) is 0 Å². The molecule has 0 unspecified atom stereocenters. The zero-order valence-electron chi connectivity index (χ0n) is 11.2. The lowest BCUT2D eigenvalue weighted by molar-refractivity contribution is 0.509. The predicted molar refractivity (Wildman–Crippen MR) is 80.2 cm³/mol. The first-order valence-electron chi connectivity index (χ1n) is 6.42. The van der Waals surface area contributed by atoms with E-state index in [9.17, 15) is 8.78 Å². The van der Waals surface area contributed by atoms with Crippen LogP contribution in [0.25, 0.3) is 22.4 Å². The molecule has 0 spiro atoms. The molecule has 0 atom stereocenters. The van der Waals surface area contributed by atoms with Gasteiger partial charge in [0, 0.05) is 28.9 Å². The molecule has 0 amide bonds. The van der Waals surface area contributed by atoms with Crippen LogP contribution in [0.4, 0.5) is 14.5 Å². The number of halogens is 3. The highest BCUT2D eigenvalue weighted by Gasteiger charge is 2.16. The zero-order valence-corrected chi connectivity index (χ0v) is 12.0. The summed E-state index contributed by atoms with van der Waals surface area (Å²) in [5, 5.41) is 0.563. The summed E-state index contributed by atoms with van der Waals surface area (Å²) in [5.74, 6) is -1.43. The van der Waals surface area contributed by atoms with Crippen LogP contribution in [-0.2, 0) is 6.54 Å². The Labute approximate surface area is 125 Å². The van der Waals surface area contributed by atoms with E-state index in [0.29, 0.717) is 28.5 Å². The highest BCUT2D eigenvalue weighted by molar-refractivity contribution is 6.31. The number of rotatable bonds is 2. The third-order valence-electron chi connectivity index (χ3n) is 3.36. The summed E-state index contributed by atoms with van der Waals surface area (Å²) in [6.07, 6.45) is 0. The molecule has 108 valence electrons. The van der Waals surface area contributed by atoms with Crippen molar-refractivity contribution in [2.24, 2.45) is 0 Å². The summed E-state index contributed by atoms with van der Waals surface area (Å²) in [6, 6.07) is 7.36. The Balaban J connectivity index is 2.32. The monoisotopic (exact) mass is 307 g/mol. The maximum atomic E-state index is 13.5. The highest BCUT2D eigenvalue weighted by atomic mass is 35.5. The molecule has 1 aromatic heterocycles. The highest BCUT2D eigenvalue weighted by Crippen LogP contribution is 2.31. The molecule has 0 saturated carbocycles. The van der Waals surface area contributed by atoms with Crippen LogP contribution < -0.4 is 5.73 Å². The van der Waals surface area contributed by atoms with Crippen molar-refractivity contribution in [2.45, 2.75) is 13.5 Å². The standard InChI is InChI=1S/C15H12ClF2N3/c1-2-21-14-4-3-8(16)5-13(14)20-15(21)9-6-10(17)11(18)7-12(9)19/h3-7H,2,19H2,1H3. The molecule has 0 aliphatic rings. The fraction of sp³-hybridized carbons (Fsp3) is 0.133. The van der Waals surface area contributed by atoms with E-state index in [1.54, 1.807) is 12.1 Å². The van der Waals surface area contributed by atoms with E-state index >= 15 is 0 Å². The van der Waals surface area contributed by atoms with Gasteiger partial charge in [-0.3, -0.25) is 0 Å². The van der Waals surface area contributed by atoms with Crippen molar-refractivity contribution < 1.29 is 8.78 Å². The third kappa shape index (κ3) is 2.23. The van der Waals surface area contributed by atoms with Gasteiger partial charge in [-0.25, -0.2) is 13.8 Å². The van der Waals surface area contributed by atoms with Crippen LogP contribution in [0.1, 0.15) is 6.92 Å². The Hall–Kier alpha value is -2.14. The van der Waals surface area contributed by atoms with Crippen molar-refractivity contribution in [3.05, 3.63) is 47.0 Å². The van der Waals surface area contributed by atoms with Crippen molar-refractivity contribution in [2.75, 3.05) is 5.73 Å². The van der Waals surface area contributed by atoms with E-state index in [4.69, 9.17) is 17.3 Å². The summed E-state index contributed by atoms with van der Waals surface area (Å²) < 4.78 is 28.6. The van der Waals surface area contributed by atoms with Crippen LogP contribution >= 0.6 is 11.6 Å². The summed E-state index contributed by atoms with van der Waals surface area (Å²) in [4.78, 5) is 4.46. The van der Waals surface area contributed by atoms with Crippen molar-refractivity contribution in [3.8, 4) is 11.4 Å². The second kappa shape index (κ2) is 5.00. The maximum absolute atomic E-state index is 13.5. The van der Waals surface area contributed by atoms with Crippen molar-refractivity contribution in [1.29, 1.82) is 0 Å². The number of nitrogens with two attached hydrogens (primary N) is 1. The molecule has 0 aliphatic heterocycles. The molecule has 1 heterocycles. The van der Waals surface area contributed by atoms with Crippen LogP contribution in [0.2, 0.25) is 5.02 Å². The minimum Gasteiger partial charge on any atom is -0.398 e. The summed E-state index contributed by atoms with van der Waals surface area (Å²) in [5.41, 5.74) is 7.86. The second-order valence-corrected chi connectivity index (χ2v) is 5.10. The molecule has 0 saturated heterocycles. The molecule has 2 aromatic carbocycles. The first-order chi connectivity index (χ1) is 10.0. The fourth-order valence-electron chi connectivity index (χ4n) is 2.38. The Morgan fingerprint density at radius 3 is 2.62 bits per heavy atom. The average Bonchev–Trinajstić information content (AvgIpc) is 2.80. The Morgan fingerprint density at radius 2 is 1.90 bits per heavy atom. The van der Waals surface area contributed by atoms with E-state index in [-0.39, 0.29) is 5.69 Å². The van der Waals surface area contributed by atoms with Crippen LogP contribution in [-0.4, -0.2) is 9.55 Å². The largest absolute Gasteiger partial charge is 0.398 e. The topological polar surface area (TPSA) is 43.8 Å². The number of nitrogens with zero attached hydrogens (tertiary/aromatic N) is 2. The number of nitrogen functional groups attached to an aromatic ring is 1. The summed E-state index contributed by atoms with van der Waals surface area (Å²) in [7, 11) is 0. The number of imidazole rings is 1. The quantitative estimate of drug-likeness (QED) is 0.720. The minimum atomic E-state index is -0.974. The number of benzene rings is 2. The molecule has 6 heteroatoms. The second-order valence-electron chi connectivity index (χ2n) is 4.67. The van der Waals surface area contributed by atoms with Gasteiger partial charge in [0.25, 0.3) is 0 Å². The first-order valence-corrected chi connectivity index (χ1v) is 6.79. The molecule has 21 heavy (non-hydrogen) atoms. The first kappa shape index (κ1) is 13.8. The molecule has 0 fully saturated rings. The van der Waals surface area contributed by atoms with E-state index < -0.39 is 11.6 Å². The van der Waals surface area contributed by atoms with Crippen LogP contribution in [0.3, 0.4) is 0 Å². The number of aryl methyl sites for hydroxylation is 1. The molecule has 0 bridgehead atoms. The van der Waals surface area contributed by atoms with E-state index in [2.05, 4.69) is 4.98 Å². The third-order valence-corrected chi connectivity index (χ3v) is 3.59. The summed E-state index contributed by atoms with van der Waals surface area (Å²) >= 11 is 5.96. The number of aromatic nitrogens is 2. The van der Waals surface area contributed by atoms with Gasteiger partial charge in [0.2, 0.25) is 0 Å². The van der Waals surface area contributed by atoms with Gasteiger partial charge >= 0.3 is 0 Å². The SMILES string of the molecule is CCn1c(-c2cc(F)c(F)cc2N)nc2cc(Cl)ccc21. The Morgan fingerprint density at radius 1 is 1.19 bits per heavy atom. The minimum absolute atomic E-state index is 0.144. The average molecular weight is 308 g/mol. The fourth-order valence-corrected chi connectivity index (χ4v) is 2.55. The van der Waals surface area contributed by atoms with Gasteiger partial charge < -0.3 is 10.3 Å². The number of fused-ring (bicyclic) bond motifs is 1. The zero-order chi connectivity index (χ0) is 15.1. The number of hydrogen-bond donors (Lipinski definition) is 1. The van der Waals surface area contributed by atoms with Crippen molar-refractivity contribution in [1.82, 2.24) is 9.55 Å². The Bertz CT molecular complexity index is 843. The smallest absolute Gasteiger partial charge is 0.160 e. The predicted octanol–water partition coefficient (Wildman–Crippen LogP) is 4.24. The van der Waals surface area contributed by atoms with E-state index in [0.717, 1.165) is 17.6 Å². The molecule has 0 aliphatic carbocycles. The lowest BCUT2D eigenvalue weighted by Gasteiger charge is -2.09. The van der Waals surface area contributed by atoms with Gasteiger partial charge in [0.05, 0.1) is 11.0 Å². The molecule has 3 aromatic rings. The van der Waals surface area contributed by atoms with Gasteiger partial charge in [0.1, 0.15) is 5.82 Å². The van der Waals surface area contributed by atoms with E-state index in [1.807, 2.05) is 17.6 Å². The molecule has 3 rings (SSSR count). The van der Waals surface area contributed by atoms with E-state index in [1.165, 1.54) is 0 Å². The molecular weight excluding hydrogens is 296 g/mol. The van der Waals surface area contributed by atoms with Crippen LogP contribution in [0.15, 0.2) is 30.3 Å². The lowest BCUT2D eigenvalue weighted by atomic mass is 10.1. The molecule has 0 radical (unpaired) electrons. The molecule has 2 N–H and O–H groups in total.